The van der Waals surface area contributed by atoms with Crippen LogP contribution in [0.1, 0.15) is 64.0 Å². The average Bonchev–Trinajstić information content (AvgIpc) is 2.92. The van der Waals surface area contributed by atoms with E-state index in [2.05, 4.69) is 12.2 Å². The van der Waals surface area contributed by atoms with Gasteiger partial charge in [-0.05, 0) is 79.8 Å². The van der Waals surface area contributed by atoms with E-state index < -0.39 is 11.6 Å². The highest BCUT2D eigenvalue weighted by molar-refractivity contribution is 5.71. The maximum atomic E-state index is 15.1. The molecule has 5 heteroatoms. The molecular weight excluding hydrogens is 473 g/mol. The predicted molar refractivity (Wildman–Crippen MR) is 143 cm³/mol. The van der Waals surface area contributed by atoms with Gasteiger partial charge in [0, 0.05) is 11.1 Å². The summed E-state index contributed by atoms with van der Waals surface area (Å²) in [4.78, 5) is 0. The van der Waals surface area contributed by atoms with Crippen LogP contribution in [-0.2, 0) is 4.74 Å². The summed E-state index contributed by atoms with van der Waals surface area (Å²) in [5.41, 5.74) is 2.80. The Morgan fingerprint density at radius 1 is 0.919 bits per heavy atom. The minimum Gasteiger partial charge on any atom is -0.490 e. The molecule has 1 fully saturated rings. The first-order chi connectivity index (χ1) is 18.0. The highest BCUT2D eigenvalue weighted by Crippen LogP contribution is 2.36. The molecule has 4 rings (SSSR count). The van der Waals surface area contributed by atoms with Crippen LogP contribution in [0.2, 0.25) is 0 Å². The van der Waals surface area contributed by atoms with Crippen molar-refractivity contribution in [2.24, 2.45) is 5.92 Å². The molecule has 196 valence electrons. The quantitative estimate of drug-likeness (QED) is 0.201. The van der Waals surface area contributed by atoms with Crippen LogP contribution in [-0.4, -0.2) is 13.2 Å². The van der Waals surface area contributed by atoms with Crippen LogP contribution in [0.15, 0.2) is 66.7 Å². The average molecular weight is 509 g/mol. The number of hydrogen-bond acceptors (Lipinski definition) is 2. The van der Waals surface area contributed by atoms with Crippen LogP contribution in [0.4, 0.5) is 13.2 Å². The summed E-state index contributed by atoms with van der Waals surface area (Å²) in [7, 11) is 0. The lowest BCUT2D eigenvalue weighted by atomic mass is 9.90. The zero-order valence-electron chi connectivity index (χ0n) is 21.6. The van der Waals surface area contributed by atoms with Crippen molar-refractivity contribution in [2.75, 3.05) is 13.2 Å². The molecular formula is C32H35F3O2. The van der Waals surface area contributed by atoms with Gasteiger partial charge in [0.05, 0.1) is 19.3 Å². The smallest absolute Gasteiger partial charge is 0.201 e. The zero-order chi connectivity index (χ0) is 26.2. The molecule has 37 heavy (non-hydrogen) atoms. The molecule has 1 aliphatic heterocycles. The molecule has 1 heterocycles. The number of halogens is 3. The van der Waals surface area contributed by atoms with Gasteiger partial charge in [-0.1, -0.05) is 61.9 Å². The Kier molecular flexibility index (Phi) is 9.45. The standard InChI is InChI=1S/C32H35F3O2/c1-3-5-7-8-22-9-17-29(37-21-22)27-15-14-25(20-28(27)33)23-10-12-24(13-11-23)26-16-18-30(32(35)31(26)34)36-19-6-4-2/h3,5,10-16,18,20,22,29H,4,6-9,17,19,21H2,1-2H3. The van der Waals surface area contributed by atoms with Gasteiger partial charge in [0.25, 0.3) is 0 Å². The molecule has 0 amide bonds. The van der Waals surface area contributed by atoms with E-state index in [1.54, 1.807) is 30.3 Å². The summed E-state index contributed by atoms with van der Waals surface area (Å²) in [6, 6.07) is 15.2. The van der Waals surface area contributed by atoms with Gasteiger partial charge >= 0.3 is 0 Å². The van der Waals surface area contributed by atoms with Gasteiger partial charge in [-0.3, -0.25) is 0 Å². The van der Waals surface area contributed by atoms with Crippen molar-refractivity contribution in [3.63, 3.8) is 0 Å². The molecule has 1 saturated heterocycles. The molecule has 3 aromatic carbocycles. The van der Waals surface area contributed by atoms with Crippen LogP contribution >= 0.6 is 0 Å². The fraction of sp³-hybridized carbons (Fsp3) is 0.375. The second-order valence-corrected chi connectivity index (χ2v) is 9.67. The number of hydrogen-bond donors (Lipinski definition) is 0. The van der Waals surface area contributed by atoms with Crippen LogP contribution in [0, 0.1) is 23.4 Å². The zero-order valence-corrected chi connectivity index (χ0v) is 21.6. The Bertz CT molecular complexity index is 1200. The SMILES string of the molecule is CC=CCCC1CCC(c2ccc(-c3ccc(-c4ccc(OCCCC)c(F)c4F)cc3)cc2F)OC1. The van der Waals surface area contributed by atoms with Crippen LogP contribution in [0.25, 0.3) is 22.3 Å². The van der Waals surface area contributed by atoms with Gasteiger partial charge in [-0.25, -0.2) is 8.78 Å². The number of rotatable bonds is 10. The van der Waals surface area contributed by atoms with Gasteiger partial charge < -0.3 is 9.47 Å². The maximum absolute atomic E-state index is 15.1. The first-order valence-electron chi connectivity index (χ1n) is 13.3. The lowest BCUT2D eigenvalue weighted by Gasteiger charge is -2.29. The van der Waals surface area contributed by atoms with E-state index in [1.165, 1.54) is 18.2 Å². The lowest BCUT2D eigenvalue weighted by Crippen LogP contribution is -2.21. The number of allylic oxidation sites excluding steroid dienone is 2. The van der Waals surface area contributed by atoms with Crippen molar-refractivity contribution >= 4 is 0 Å². The van der Waals surface area contributed by atoms with Crippen molar-refractivity contribution in [1.29, 1.82) is 0 Å². The Balaban J connectivity index is 1.43. The normalized spacial score (nSPS) is 17.9. The largest absolute Gasteiger partial charge is 0.490 e. The third-order valence-electron chi connectivity index (χ3n) is 7.03. The second kappa shape index (κ2) is 13.0. The minimum absolute atomic E-state index is 0.0759. The second-order valence-electron chi connectivity index (χ2n) is 9.67. The predicted octanol–water partition coefficient (Wildman–Crippen LogP) is 9.44. The Morgan fingerprint density at radius 3 is 2.35 bits per heavy atom. The van der Waals surface area contributed by atoms with Crippen molar-refractivity contribution in [2.45, 2.75) is 58.5 Å². The maximum Gasteiger partial charge on any atom is 0.201 e. The summed E-state index contributed by atoms with van der Waals surface area (Å²) in [5.74, 6) is -1.76. The molecule has 3 aromatic rings. The van der Waals surface area contributed by atoms with Gasteiger partial charge in [0.15, 0.2) is 11.6 Å². The highest BCUT2D eigenvalue weighted by atomic mass is 19.2. The first kappa shape index (κ1) is 27.0. The molecule has 2 unspecified atom stereocenters. The van der Waals surface area contributed by atoms with Gasteiger partial charge in [0.1, 0.15) is 5.82 Å². The van der Waals surface area contributed by atoms with E-state index in [-0.39, 0.29) is 23.2 Å². The molecule has 0 saturated carbocycles. The molecule has 0 aliphatic carbocycles. The van der Waals surface area contributed by atoms with E-state index in [4.69, 9.17) is 9.47 Å². The molecule has 2 nitrogen and oxygen atoms in total. The van der Waals surface area contributed by atoms with Crippen molar-refractivity contribution in [1.82, 2.24) is 0 Å². The number of benzene rings is 3. The number of ether oxygens (including phenoxy) is 2. The molecule has 0 spiro atoms. The third-order valence-corrected chi connectivity index (χ3v) is 7.03. The number of unbranched alkanes of at least 4 members (excludes halogenated alkanes) is 1. The summed E-state index contributed by atoms with van der Waals surface area (Å²) in [6.07, 6.45) is 9.71. The first-order valence-corrected chi connectivity index (χ1v) is 13.3. The minimum atomic E-state index is -0.982. The summed E-state index contributed by atoms with van der Waals surface area (Å²) >= 11 is 0. The van der Waals surface area contributed by atoms with Gasteiger partial charge in [-0.2, -0.15) is 4.39 Å². The Labute approximate surface area is 218 Å². The fourth-order valence-corrected chi connectivity index (χ4v) is 4.78. The third kappa shape index (κ3) is 6.64. The summed E-state index contributed by atoms with van der Waals surface area (Å²) in [6.45, 7) is 5.04. The topological polar surface area (TPSA) is 18.5 Å². The molecule has 0 bridgehead atoms. The molecule has 1 aliphatic rings. The summed E-state index contributed by atoms with van der Waals surface area (Å²) < 4.78 is 55.7. The fourth-order valence-electron chi connectivity index (χ4n) is 4.78. The van der Waals surface area contributed by atoms with E-state index >= 15 is 4.39 Å². The highest BCUT2D eigenvalue weighted by Gasteiger charge is 2.25. The van der Waals surface area contributed by atoms with Gasteiger partial charge in [0.2, 0.25) is 5.82 Å². The molecule has 2 atom stereocenters. The molecule has 0 N–H and O–H groups in total. The van der Waals surface area contributed by atoms with Gasteiger partial charge in [-0.15, -0.1) is 0 Å². The summed E-state index contributed by atoms with van der Waals surface area (Å²) in [5, 5.41) is 0. The van der Waals surface area contributed by atoms with Crippen LogP contribution < -0.4 is 4.74 Å². The van der Waals surface area contributed by atoms with E-state index in [0.29, 0.717) is 30.3 Å². The monoisotopic (exact) mass is 508 g/mol. The molecule has 0 aromatic heterocycles. The van der Waals surface area contributed by atoms with E-state index in [0.717, 1.165) is 49.7 Å². The van der Waals surface area contributed by atoms with Crippen LogP contribution in [0.3, 0.4) is 0 Å². The Morgan fingerprint density at radius 2 is 1.68 bits per heavy atom. The van der Waals surface area contributed by atoms with Crippen molar-refractivity contribution in [3.8, 4) is 28.0 Å². The lowest BCUT2D eigenvalue weighted by molar-refractivity contribution is -0.0207. The van der Waals surface area contributed by atoms with Crippen molar-refractivity contribution in [3.05, 3.63) is 89.8 Å². The van der Waals surface area contributed by atoms with Crippen LogP contribution in [0.5, 0.6) is 5.75 Å². The van der Waals surface area contributed by atoms with E-state index in [1.807, 2.05) is 19.9 Å². The Hall–Kier alpha value is -3.05. The van der Waals surface area contributed by atoms with Crippen molar-refractivity contribution < 1.29 is 22.6 Å². The molecule has 0 radical (unpaired) electrons. The van der Waals surface area contributed by atoms with E-state index in [9.17, 15) is 8.78 Å².